The highest BCUT2D eigenvalue weighted by atomic mass is 16.5. The third-order valence-corrected chi connectivity index (χ3v) is 2.40. The lowest BCUT2D eigenvalue weighted by Crippen LogP contribution is -1.85. The van der Waals surface area contributed by atoms with Gasteiger partial charge in [0.1, 0.15) is 6.61 Å². The summed E-state index contributed by atoms with van der Waals surface area (Å²) in [7, 11) is 0. The summed E-state index contributed by atoms with van der Waals surface area (Å²) in [4.78, 5) is 9.81. The van der Waals surface area contributed by atoms with Gasteiger partial charge in [-0.2, -0.15) is 0 Å². The number of allylic oxidation sites excluding steroid dienone is 1. The summed E-state index contributed by atoms with van der Waals surface area (Å²) in [6.45, 7) is 3.14. The van der Waals surface area contributed by atoms with Gasteiger partial charge < -0.3 is 4.74 Å². The summed E-state index contributed by atoms with van der Waals surface area (Å²) in [5.41, 5.74) is 0. The molecular formula is C13H24O2. The van der Waals surface area contributed by atoms with Crippen LogP contribution in [0.2, 0.25) is 0 Å². The van der Waals surface area contributed by atoms with Crippen LogP contribution in [0.1, 0.15) is 58.3 Å². The van der Waals surface area contributed by atoms with E-state index in [9.17, 15) is 4.79 Å². The lowest BCUT2D eigenvalue weighted by atomic mass is 10.1. The monoisotopic (exact) mass is 212 g/mol. The van der Waals surface area contributed by atoms with Gasteiger partial charge >= 0.3 is 0 Å². The maximum absolute atomic E-state index is 9.81. The Hall–Kier alpha value is -0.790. The van der Waals surface area contributed by atoms with E-state index in [0.717, 1.165) is 6.42 Å². The maximum Gasteiger partial charge on any atom is 0.293 e. The molecule has 0 saturated heterocycles. The van der Waals surface area contributed by atoms with Crippen LogP contribution in [0.25, 0.3) is 0 Å². The fourth-order valence-corrected chi connectivity index (χ4v) is 1.50. The zero-order valence-electron chi connectivity index (χ0n) is 9.91. The summed E-state index contributed by atoms with van der Waals surface area (Å²) in [5, 5.41) is 0. The van der Waals surface area contributed by atoms with E-state index in [0.29, 0.717) is 13.1 Å². The van der Waals surface area contributed by atoms with Crippen LogP contribution >= 0.6 is 0 Å². The van der Waals surface area contributed by atoms with Crippen LogP contribution in [0.15, 0.2) is 12.2 Å². The van der Waals surface area contributed by atoms with E-state index in [2.05, 4.69) is 17.7 Å². The van der Waals surface area contributed by atoms with Crippen molar-refractivity contribution in [1.82, 2.24) is 0 Å². The fraction of sp³-hybridized carbons (Fsp3) is 0.769. The van der Waals surface area contributed by atoms with Crippen molar-refractivity contribution in [1.29, 1.82) is 0 Å². The van der Waals surface area contributed by atoms with Gasteiger partial charge in [-0.15, -0.1) is 0 Å². The van der Waals surface area contributed by atoms with Gasteiger partial charge in [0.2, 0.25) is 0 Å². The number of hydrogen-bond donors (Lipinski definition) is 0. The largest absolute Gasteiger partial charge is 0.464 e. The molecular weight excluding hydrogens is 188 g/mol. The second-order valence-electron chi connectivity index (χ2n) is 3.81. The Labute approximate surface area is 93.7 Å². The Morgan fingerprint density at radius 2 is 1.60 bits per heavy atom. The van der Waals surface area contributed by atoms with E-state index < -0.39 is 0 Å². The number of rotatable bonds is 11. The topological polar surface area (TPSA) is 26.3 Å². The molecule has 0 rings (SSSR count). The Kier molecular flexibility index (Phi) is 12.5. The number of hydrogen-bond acceptors (Lipinski definition) is 2. The SMILES string of the molecule is CCCCCCCCC/C=C/COC=O. The van der Waals surface area contributed by atoms with Crippen molar-refractivity contribution in [3.05, 3.63) is 12.2 Å². The molecule has 0 aromatic rings. The molecule has 0 aromatic carbocycles. The van der Waals surface area contributed by atoms with E-state index in [1.807, 2.05) is 6.08 Å². The quantitative estimate of drug-likeness (QED) is 0.295. The number of carbonyl (C=O) groups is 1. The fourth-order valence-electron chi connectivity index (χ4n) is 1.50. The Bertz CT molecular complexity index is 153. The van der Waals surface area contributed by atoms with Gasteiger partial charge in [0.25, 0.3) is 6.47 Å². The van der Waals surface area contributed by atoms with Crippen LogP contribution in [0.3, 0.4) is 0 Å². The zero-order valence-corrected chi connectivity index (χ0v) is 9.91. The third-order valence-electron chi connectivity index (χ3n) is 2.40. The average molecular weight is 212 g/mol. The zero-order chi connectivity index (χ0) is 11.2. The first kappa shape index (κ1) is 14.2. The highest BCUT2D eigenvalue weighted by Crippen LogP contribution is 2.08. The molecule has 0 spiro atoms. The molecule has 0 aromatic heterocycles. The number of unbranched alkanes of at least 4 members (excludes halogenated alkanes) is 7. The molecule has 0 unspecified atom stereocenters. The number of carbonyl (C=O) groups excluding carboxylic acids is 1. The number of ether oxygens (including phenoxy) is 1. The average Bonchev–Trinajstić information content (AvgIpc) is 2.26. The van der Waals surface area contributed by atoms with E-state index in [-0.39, 0.29) is 0 Å². The summed E-state index contributed by atoms with van der Waals surface area (Å²) in [5.74, 6) is 0. The van der Waals surface area contributed by atoms with Crippen LogP contribution in [0, 0.1) is 0 Å². The van der Waals surface area contributed by atoms with Crippen LogP contribution < -0.4 is 0 Å². The first-order valence-corrected chi connectivity index (χ1v) is 6.12. The molecule has 0 aliphatic carbocycles. The minimum Gasteiger partial charge on any atom is -0.464 e. The Balaban J connectivity index is 2.97. The molecule has 0 saturated carbocycles. The molecule has 0 aliphatic rings. The van der Waals surface area contributed by atoms with E-state index in [1.165, 1.54) is 44.9 Å². The van der Waals surface area contributed by atoms with Crippen molar-refractivity contribution >= 4 is 6.47 Å². The van der Waals surface area contributed by atoms with Crippen molar-refractivity contribution in [3.8, 4) is 0 Å². The molecule has 0 fully saturated rings. The molecule has 0 bridgehead atoms. The van der Waals surface area contributed by atoms with Gasteiger partial charge in [0.15, 0.2) is 0 Å². The molecule has 0 radical (unpaired) electrons. The molecule has 0 aliphatic heterocycles. The predicted octanol–water partition coefficient (Wildman–Crippen LogP) is 3.86. The smallest absolute Gasteiger partial charge is 0.293 e. The van der Waals surface area contributed by atoms with Gasteiger partial charge in [-0.05, 0) is 12.8 Å². The van der Waals surface area contributed by atoms with E-state index >= 15 is 0 Å². The predicted molar refractivity (Wildman–Crippen MR) is 63.8 cm³/mol. The van der Waals surface area contributed by atoms with E-state index in [1.54, 1.807) is 0 Å². The van der Waals surface area contributed by atoms with Crippen molar-refractivity contribution in [2.45, 2.75) is 58.3 Å². The molecule has 15 heavy (non-hydrogen) atoms. The van der Waals surface area contributed by atoms with Gasteiger partial charge in [0, 0.05) is 0 Å². The lowest BCUT2D eigenvalue weighted by Gasteiger charge is -1.98. The van der Waals surface area contributed by atoms with Crippen LogP contribution in [0.4, 0.5) is 0 Å². The third kappa shape index (κ3) is 13.2. The van der Waals surface area contributed by atoms with Crippen molar-refractivity contribution in [2.75, 3.05) is 6.61 Å². The maximum atomic E-state index is 9.81. The van der Waals surface area contributed by atoms with E-state index in [4.69, 9.17) is 0 Å². The summed E-state index contributed by atoms with van der Waals surface area (Å²) < 4.78 is 4.54. The second-order valence-corrected chi connectivity index (χ2v) is 3.81. The lowest BCUT2D eigenvalue weighted by molar-refractivity contribution is -0.127. The molecule has 0 amide bonds. The molecule has 0 heterocycles. The molecule has 0 atom stereocenters. The van der Waals surface area contributed by atoms with Gasteiger partial charge in [-0.1, -0.05) is 57.6 Å². The standard InChI is InChI=1S/C13H24O2/c1-2-3-4-5-6-7-8-9-10-11-12-15-13-14/h10-11,13H,2-9,12H2,1H3/b11-10+. The molecule has 0 N–H and O–H groups in total. The molecule has 2 heteroatoms. The Morgan fingerprint density at radius 1 is 0.933 bits per heavy atom. The second kappa shape index (κ2) is 13.2. The van der Waals surface area contributed by atoms with Crippen LogP contribution in [0.5, 0.6) is 0 Å². The molecule has 88 valence electrons. The first-order chi connectivity index (χ1) is 7.41. The highest BCUT2D eigenvalue weighted by molar-refractivity contribution is 5.37. The van der Waals surface area contributed by atoms with Crippen LogP contribution in [-0.4, -0.2) is 13.1 Å². The normalized spacial score (nSPS) is 10.7. The minimum absolute atomic E-state index is 0.417. The molecule has 2 nitrogen and oxygen atoms in total. The first-order valence-electron chi connectivity index (χ1n) is 6.12. The van der Waals surface area contributed by atoms with Gasteiger partial charge in [0.05, 0.1) is 0 Å². The summed E-state index contributed by atoms with van der Waals surface area (Å²) >= 11 is 0. The van der Waals surface area contributed by atoms with Crippen LogP contribution in [-0.2, 0) is 9.53 Å². The summed E-state index contributed by atoms with van der Waals surface area (Å²) in [6, 6.07) is 0. The summed E-state index contributed by atoms with van der Waals surface area (Å²) in [6.07, 6.45) is 14.5. The minimum atomic E-state index is 0.417. The van der Waals surface area contributed by atoms with Crippen molar-refractivity contribution in [2.24, 2.45) is 0 Å². The van der Waals surface area contributed by atoms with Gasteiger partial charge in [-0.3, -0.25) is 4.79 Å². The van der Waals surface area contributed by atoms with Crippen molar-refractivity contribution < 1.29 is 9.53 Å². The Morgan fingerprint density at radius 3 is 2.27 bits per heavy atom. The van der Waals surface area contributed by atoms with Gasteiger partial charge in [-0.25, -0.2) is 0 Å². The van der Waals surface area contributed by atoms with Crippen molar-refractivity contribution in [3.63, 3.8) is 0 Å². The highest BCUT2D eigenvalue weighted by Gasteiger charge is 1.89.